The number of nitrogens with one attached hydrogen (secondary N) is 1. The van der Waals surface area contributed by atoms with Gasteiger partial charge in [-0.1, -0.05) is 18.2 Å². The fourth-order valence-corrected chi connectivity index (χ4v) is 4.00. The number of carbonyl (C=O) groups is 1. The molecular weight excluding hydrogens is 420 g/mol. The van der Waals surface area contributed by atoms with Gasteiger partial charge in [-0.05, 0) is 41.9 Å². The summed E-state index contributed by atoms with van der Waals surface area (Å²) in [6.45, 7) is 8.12. The summed E-state index contributed by atoms with van der Waals surface area (Å²) in [5.74, 6) is -0.00622. The number of amides is 1. The molecule has 4 rings (SSSR count). The van der Waals surface area contributed by atoms with E-state index in [1.165, 1.54) is 11.3 Å². The highest BCUT2D eigenvalue weighted by Gasteiger charge is 2.25. The summed E-state index contributed by atoms with van der Waals surface area (Å²) in [5, 5.41) is 11.4. The van der Waals surface area contributed by atoms with Crippen LogP contribution in [-0.2, 0) is 6.54 Å². The Morgan fingerprint density at radius 1 is 1.14 bits per heavy atom. The highest BCUT2D eigenvalue weighted by atomic mass is 79.9. The predicted molar refractivity (Wildman–Crippen MR) is 111 cm³/mol. The first kappa shape index (κ1) is 18.9. The number of H-pyrrole nitrogens is 1. The molecule has 0 saturated carbocycles. The third kappa shape index (κ3) is 3.62. The molecule has 1 N–H and O–H groups in total. The molecule has 1 saturated heterocycles. The van der Waals surface area contributed by atoms with E-state index < -0.39 is 0 Å². The minimum atomic E-state index is -0.00622. The van der Waals surface area contributed by atoms with Crippen LogP contribution in [0.3, 0.4) is 0 Å². The fourth-order valence-electron chi connectivity index (χ4n) is 3.64. The highest BCUT2D eigenvalue weighted by Crippen LogP contribution is 2.21. The van der Waals surface area contributed by atoms with Gasteiger partial charge in [0, 0.05) is 44.0 Å². The van der Waals surface area contributed by atoms with Gasteiger partial charge in [-0.25, -0.2) is 4.68 Å². The van der Waals surface area contributed by atoms with Crippen molar-refractivity contribution in [2.45, 2.75) is 20.4 Å². The molecule has 0 radical (unpaired) electrons. The van der Waals surface area contributed by atoms with Crippen LogP contribution in [0.1, 0.15) is 27.4 Å². The molecule has 0 aliphatic carbocycles. The molecule has 2 aromatic heterocycles. The maximum absolute atomic E-state index is 12.6. The van der Waals surface area contributed by atoms with Crippen LogP contribution in [0, 0.1) is 13.8 Å². The Morgan fingerprint density at radius 3 is 2.50 bits per heavy atom. The van der Waals surface area contributed by atoms with E-state index in [-0.39, 0.29) is 5.91 Å². The summed E-state index contributed by atoms with van der Waals surface area (Å²) in [6.07, 6.45) is 1.61. The molecule has 1 fully saturated rings. The number of aromatic nitrogens is 4. The van der Waals surface area contributed by atoms with Gasteiger partial charge in [-0.3, -0.25) is 14.8 Å². The summed E-state index contributed by atoms with van der Waals surface area (Å²) in [4.78, 5) is 16.9. The largest absolute Gasteiger partial charge is 0.335 e. The quantitative estimate of drug-likeness (QED) is 0.674. The lowest BCUT2D eigenvalue weighted by Gasteiger charge is -2.34. The first-order valence-electron chi connectivity index (χ1n) is 9.35. The van der Waals surface area contributed by atoms with Crippen molar-refractivity contribution in [1.29, 1.82) is 0 Å². The summed E-state index contributed by atoms with van der Waals surface area (Å²) in [6, 6.07) is 10.2. The number of hydrogen-bond acceptors (Lipinski definition) is 4. The minimum Gasteiger partial charge on any atom is -0.335 e. The zero-order valence-electron chi connectivity index (χ0n) is 16.0. The second-order valence-corrected chi connectivity index (χ2v) is 7.91. The molecule has 146 valence electrons. The molecular formula is C20H23BrN6O. The van der Waals surface area contributed by atoms with Crippen LogP contribution < -0.4 is 0 Å². The maximum atomic E-state index is 12.6. The topological polar surface area (TPSA) is 70.1 Å². The molecule has 0 bridgehead atoms. The SMILES string of the molecule is Cc1nn(-c2ccccc2)c(C)c1CN1CCN(C(=O)c2[nH]ncc2Br)CC1. The van der Waals surface area contributed by atoms with E-state index in [0.717, 1.165) is 31.0 Å². The second-order valence-electron chi connectivity index (χ2n) is 7.06. The first-order chi connectivity index (χ1) is 13.5. The van der Waals surface area contributed by atoms with Crippen LogP contribution in [0.4, 0.5) is 0 Å². The van der Waals surface area contributed by atoms with Crippen molar-refractivity contribution in [2.24, 2.45) is 0 Å². The van der Waals surface area contributed by atoms with Crippen LogP contribution in [0.5, 0.6) is 0 Å². The Balaban J connectivity index is 1.42. The molecule has 7 nitrogen and oxygen atoms in total. The average molecular weight is 443 g/mol. The molecule has 28 heavy (non-hydrogen) atoms. The highest BCUT2D eigenvalue weighted by molar-refractivity contribution is 9.10. The zero-order valence-corrected chi connectivity index (χ0v) is 17.6. The average Bonchev–Trinajstić information content (AvgIpc) is 3.27. The number of carbonyl (C=O) groups excluding carboxylic acids is 1. The fraction of sp³-hybridized carbons (Fsp3) is 0.350. The van der Waals surface area contributed by atoms with E-state index in [0.29, 0.717) is 23.3 Å². The molecule has 0 unspecified atom stereocenters. The van der Waals surface area contributed by atoms with Gasteiger partial charge in [-0.2, -0.15) is 10.2 Å². The van der Waals surface area contributed by atoms with E-state index >= 15 is 0 Å². The summed E-state index contributed by atoms with van der Waals surface area (Å²) in [5.41, 5.74) is 5.09. The minimum absolute atomic E-state index is 0.00622. The van der Waals surface area contributed by atoms with Gasteiger partial charge in [0.25, 0.3) is 5.91 Å². The predicted octanol–water partition coefficient (Wildman–Crippen LogP) is 2.93. The van der Waals surface area contributed by atoms with Crippen LogP contribution in [0.2, 0.25) is 0 Å². The third-order valence-electron chi connectivity index (χ3n) is 5.29. The smallest absolute Gasteiger partial charge is 0.273 e. The lowest BCUT2D eigenvalue weighted by Crippen LogP contribution is -2.48. The monoisotopic (exact) mass is 442 g/mol. The van der Waals surface area contributed by atoms with Gasteiger partial charge < -0.3 is 4.90 Å². The number of hydrogen-bond donors (Lipinski definition) is 1. The number of para-hydroxylation sites is 1. The van der Waals surface area contributed by atoms with Crippen molar-refractivity contribution in [3.8, 4) is 5.69 Å². The molecule has 1 amide bonds. The van der Waals surface area contributed by atoms with E-state index in [4.69, 9.17) is 5.10 Å². The van der Waals surface area contributed by atoms with Crippen molar-refractivity contribution in [3.05, 3.63) is 63.6 Å². The first-order valence-corrected chi connectivity index (χ1v) is 10.1. The maximum Gasteiger partial charge on any atom is 0.273 e. The Hall–Kier alpha value is -2.45. The lowest BCUT2D eigenvalue weighted by molar-refractivity contribution is 0.0621. The number of benzene rings is 1. The molecule has 8 heteroatoms. The molecule has 3 aromatic rings. The Labute approximate surface area is 172 Å². The standard InChI is InChI=1S/C20H23BrN6O/c1-14-17(15(2)27(24-14)16-6-4-3-5-7-16)13-25-8-10-26(11-9-25)20(28)19-18(21)12-22-23-19/h3-7,12H,8-11,13H2,1-2H3,(H,22,23). The van der Waals surface area contributed by atoms with Crippen molar-refractivity contribution < 1.29 is 4.79 Å². The van der Waals surface area contributed by atoms with E-state index in [1.807, 2.05) is 27.8 Å². The number of aromatic amines is 1. The van der Waals surface area contributed by atoms with Crippen molar-refractivity contribution in [3.63, 3.8) is 0 Å². The van der Waals surface area contributed by atoms with Gasteiger partial charge in [0.05, 0.1) is 22.1 Å². The van der Waals surface area contributed by atoms with Crippen molar-refractivity contribution in [2.75, 3.05) is 26.2 Å². The second kappa shape index (κ2) is 7.89. The number of rotatable bonds is 4. The summed E-state index contributed by atoms with van der Waals surface area (Å²) in [7, 11) is 0. The van der Waals surface area contributed by atoms with Gasteiger partial charge in [0.1, 0.15) is 5.69 Å². The molecule has 3 heterocycles. The molecule has 0 atom stereocenters. The van der Waals surface area contributed by atoms with E-state index in [9.17, 15) is 4.79 Å². The van der Waals surface area contributed by atoms with E-state index in [1.54, 1.807) is 6.20 Å². The van der Waals surface area contributed by atoms with Gasteiger partial charge in [0.15, 0.2) is 0 Å². The van der Waals surface area contributed by atoms with E-state index in [2.05, 4.69) is 57.0 Å². The molecule has 1 aliphatic heterocycles. The molecule has 0 spiro atoms. The zero-order chi connectivity index (χ0) is 19.7. The number of halogens is 1. The van der Waals surface area contributed by atoms with Crippen LogP contribution in [-0.4, -0.2) is 61.9 Å². The summed E-state index contributed by atoms with van der Waals surface area (Å²) >= 11 is 3.37. The Kier molecular flexibility index (Phi) is 5.32. The lowest BCUT2D eigenvalue weighted by atomic mass is 10.1. The third-order valence-corrected chi connectivity index (χ3v) is 5.89. The van der Waals surface area contributed by atoms with Gasteiger partial charge >= 0.3 is 0 Å². The number of piperazine rings is 1. The van der Waals surface area contributed by atoms with Crippen molar-refractivity contribution in [1.82, 2.24) is 29.8 Å². The van der Waals surface area contributed by atoms with Crippen LogP contribution in [0.15, 0.2) is 41.0 Å². The number of nitrogens with zero attached hydrogens (tertiary/aromatic N) is 5. The number of aryl methyl sites for hydroxylation is 1. The molecule has 1 aliphatic rings. The Morgan fingerprint density at radius 2 is 1.86 bits per heavy atom. The van der Waals surface area contributed by atoms with Crippen molar-refractivity contribution >= 4 is 21.8 Å². The van der Waals surface area contributed by atoms with Crippen LogP contribution in [0.25, 0.3) is 5.69 Å². The molecule has 1 aromatic carbocycles. The normalized spacial score (nSPS) is 15.2. The summed E-state index contributed by atoms with van der Waals surface area (Å²) < 4.78 is 2.72. The van der Waals surface area contributed by atoms with Gasteiger partial charge in [-0.15, -0.1) is 0 Å². The van der Waals surface area contributed by atoms with Crippen LogP contribution >= 0.6 is 15.9 Å². The Bertz CT molecular complexity index is 972. The van der Waals surface area contributed by atoms with Gasteiger partial charge in [0.2, 0.25) is 0 Å².